The number of hydrogen-bond acceptors (Lipinski definition) is 4. The Morgan fingerprint density at radius 3 is 2.79 bits per heavy atom. The van der Waals surface area contributed by atoms with Crippen LogP contribution in [0.3, 0.4) is 0 Å². The second-order valence-electron chi connectivity index (χ2n) is 6.23. The number of nitrogens with one attached hydrogen (secondary N) is 2. The summed E-state index contributed by atoms with van der Waals surface area (Å²) in [6.45, 7) is 1.19. The lowest BCUT2D eigenvalue weighted by Crippen LogP contribution is -2.42. The van der Waals surface area contributed by atoms with E-state index in [2.05, 4.69) is 10.6 Å². The maximum absolute atomic E-state index is 12.6. The first-order chi connectivity index (χ1) is 11.5. The van der Waals surface area contributed by atoms with Gasteiger partial charge in [0, 0.05) is 18.2 Å². The van der Waals surface area contributed by atoms with Crippen molar-refractivity contribution in [1.82, 2.24) is 5.32 Å². The Labute approximate surface area is 145 Å². The van der Waals surface area contributed by atoms with Crippen molar-refractivity contribution < 1.29 is 19.1 Å². The predicted molar refractivity (Wildman–Crippen MR) is 90.3 cm³/mol. The molecule has 0 radical (unpaired) electrons. The van der Waals surface area contributed by atoms with Gasteiger partial charge >= 0.3 is 0 Å². The van der Waals surface area contributed by atoms with Crippen molar-refractivity contribution in [2.45, 2.75) is 31.8 Å². The summed E-state index contributed by atoms with van der Waals surface area (Å²) in [5, 5.41) is 6.11. The summed E-state index contributed by atoms with van der Waals surface area (Å²) >= 11 is 5.97. The number of benzene rings is 1. The molecule has 1 unspecified atom stereocenters. The molecule has 3 rings (SSSR count). The van der Waals surface area contributed by atoms with Gasteiger partial charge in [0.05, 0.1) is 18.9 Å². The zero-order valence-corrected chi connectivity index (χ0v) is 14.3. The Balaban J connectivity index is 1.63. The molecule has 1 saturated carbocycles. The second kappa shape index (κ2) is 6.99. The number of anilines is 1. The van der Waals surface area contributed by atoms with Crippen molar-refractivity contribution in [2.75, 3.05) is 25.6 Å². The maximum atomic E-state index is 12.6. The molecule has 6 nitrogen and oxygen atoms in total. The molecule has 1 aromatic rings. The third-order valence-electron chi connectivity index (χ3n) is 4.54. The van der Waals surface area contributed by atoms with E-state index >= 15 is 0 Å². The number of carbonyl (C=O) groups excluding carboxylic acids is 2. The number of rotatable bonds is 6. The van der Waals surface area contributed by atoms with E-state index in [1.54, 1.807) is 18.2 Å². The standard InChI is InChI=1S/C17H21ClN2O4/c1-23-14-5-4-11(18)9-13(14)20-16(22)17(6-7-17)15(21)19-10-12-3-2-8-24-12/h4-5,9,12H,2-3,6-8,10H2,1H3,(H,19,21)(H,20,22). The summed E-state index contributed by atoms with van der Waals surface area (Å²) in [7, 11) is 1.51. The maximum Gasteiger partial charge on any atom is 0.240 e. The van der Waals surface area contributed by atoms with E-state index in [0.29, 0.717) is 35.8 Å². The molecule has 2 aliphatic rings. The van der Waals surface area contributed by atoms with Gasteiger partial charge in [0.15, 0.2) is 0 Å². The minimum atomic E-state index is -0.994. The molecule has 7 heteroatoms. The normalized spacial score (nSPS) is 21.2. The van der Waals surface area contributed by atoms with Crippen LogP contribution in [0.5, 0.6) is 5.75 Å². The molecule has 1 aromatic carbocycles. The molecule has 1 saturated heterocycles. The van der Waals surface area contributed by atoms with Gasteiger partial charge < -0.3 is 20.1 Å². The van der Waals surface area contributed by atoms with Gasteiger partial charge in [-0.05, 0) is 43.9 Å². The highest BCUT2D eigenvalue weighted by atomic mass is 35.5. The quantitative estimate of drug-likeness (QED) is 0.770. The fraction of sp³-hybridized carbons (Fsp3) is 0.529. The second-order valence-corrected chi connectivity index (χ2v) is 6.66. The molecule has 2 fully saturated rings. The minimum Gasteiger partial charge on any atom is -0.495 e. The number of amides is 2. The van der Waals surface area contributed by atoms with Crippen molar-refractivity contribution in [1.29, 1.82) is 0 Å². The number of carbonyl (C=O) groups is 2. The van der Waals surface area contributed by atoms with Crippen LogP contribution in [0, 0.1) is 5.41 Å². The molecule has 1 aliphatic heterocycles. The van der Waals surface area contributed by atoms with Crippen molar-refractivity contribution in [3.63, 3.8) is 0 Å². The summed E-state index contributed by atoms with van der Waals surface area (Å²) in [6, 6.07) is 4.96. The van der Waals surface area contributed by atoms with Crippen LogP contribution in [0.15, 0.2) is 18.2 Å². The van der Waals surface area contributed by atoms with Crippen molar-refractivity contribution in [3.05, 3.63) is 23.2 Å². The van der Waals surface area contributed by atoms with E-state index in [-0.39, 0.29) is 17.9 Å². The van der Waals surface area contributed by atoms with E-state index in [1.807, 2.05) is 0 Å². The Bertz CT molecular complexity index is 639. The summed E-state index contributed by atoms with van der Waals surface area (Å²) in [6.07, 6.45) is 3.10. The van der Waals surface area contributed by atoms with Crippen LogP contribution in [0.2, 0.25) is 5.02 Å². The van der Waals surface area contributed by atoms with Crippen LogP contribution < -0.4 is 15.4 Å². The molecule has 2 N–H and O–H groups in total. The zero-order valence-electron chi connectivity index (χ0n) is 13.6. The topological polar surface area (TPSA) is 76.7 Å². The molecule has 130 valence electrons. The van der Waals surface area contributed by atoms with Crippen molar-refractivity contribution in [2.24, 2.45) is 5.41 Å². The van der Waals surface area contributed by atoms with E-state index in [4.69, 9.17) is 21.1 Å². The molecule has 1 heterocycles. The van der Waals surface area contributed by atoms with Gasteiger partial charge in [-0.25, -0.2) is 0 Å². The lowest BCUT2D eigenvalue weighted by atomic mass is 10.0. The molecule has 0 spiro atoms. The fourth-order valence-electron chi connectivity index (χ4n) is 2.88. The van der Waals surface area contributed by atoms with Gasteiger partial charge in [0.1, 0.15) is 11.2 Å². The number of halogens is 1. The van der Waals surface area contributed by atoms with E-state index < -0.39 is 5.41 Å². The smallest absolute Gasteiger partial charge is 0.240 e. The van der Waals surface area contributed by atoms with Crippen LogP contribution in [0.4, 0.5) is 5.69 Å². The molecule has 1 atom stereocenters. The Morgan fingerprint density at radius 1 is 1.38 bits per heavy atom. The van der Waals surface area contributed by atoms with Crippen LogP contribution >= 0.6 is 11.6 Å². The summed E-state index contributed by atoms with van der Waals surface area (Å²) in [4.78, 5) is 25.1. The molecular weight excluding hydrogens is 332 g/mol. The van der Waals surface area contributed by atoms with Crippen LogP contribution in [-0.2, 0) is 14.3 Å². The average molecular weight is 353 g/mol. The SMILES string of the molecule is COc1ccc(Cl)cc1NC(=O)C1(C(=O)NCC2CCCO2)CC1. The molecule has 0 bridgehead atoms. The summed E-state index contributed by atoms with van der Waals surface area (Å²) in [5.74, 6) is -0.0623. The van der Waals surface area contributed by atoms with Crippen molar-refractivity contribution >= 4 is 29.1 Å². The third-order valence-corrected chi connectivity index (χ3v) is 4.78. The fourth-order valence-corrected chi connectivity index (χ4v) is 3.06. The Hall–Kier alpha value is -1.79. The first kappa shape index (κ1) is 17.0. The van der Waals surface area contributed by atoms with Crippen LogP contribution in [-0.4, -0.2) is 38.2 Å². The lowest BCUT2D eigenvalue weighted by molar-refractivity contribution is -0.134. The van der Waals surface area contributed by atoms with Gasteiger partial charge in [-0.3, -0.25) is 9.59 Å². The van der Waals surface area contributed by atoms with Crippen LogP contribution in [0.25, 0.3) is 0 Å². The van der Waals surface area contributed by atoms with E-state index in [0.717, 1.165) is 19.4 Å². The summed E-state index contributed by atoms with van der Waals surface area (Å²) in [5.41, 5.74) is -0.528. The van der Waals surface area contributed by atoms with Crippen molar-refractivity contribution in [3.8, 4) is 5.75 Å². The highest BCUT2D eigenvalue weighted by Gasteiger charge is 2.56. The van der Waals surface area contributed by atoms with Gasteiger partial charge in [0.2, 0.25) is 11.8 Å². The van der Waals surface area contributed by atoms with Gasteiger partial charge in [-0.1, -0.05) is 11.6 Å². The number of hydrogen-bond donors (Lipinski definition) is 2. The monoisotopic (exact) mass is 352 g/mol. The summed E-state index contributed by atoms with van der Waals surface area (Å²) < 4.78 is 10.7. The van der Waals surface area contributed by atoms with E-state index in [9.17, 15) is 9.59 Å². The molecular formula is C17H21ClN2O4. The lowest BCUT2D eigenvalue weighted by Gasteiger charge is -2.18. The first-order valence-electron chi connectivity index (χ1n) is 8.10. The van der Waals surface area contributed by atoms with E-state index in [1.165, 1.54) is 7.11 Å². The molecule has 1 aliphatic carbocycles. The minimum absolute atomic E-state index is 0.0563. The van der Waals surface area contributed by atoms with Gasteiger partial charge in [-0.2, -0.15) is 0 Å². The molecule has 24 heavy (non-hydrogen) atoms. The van der Waals surface area contributed by atoms with Gasteiger partial charge in [0.25, 0.3) is 0 Å². The number of methoxy groups -OCH3 is 1. The highest BCUT2D eigenvalue weighted by Crippen LogP contribution is 2.47. The number of ether oxygens (including phenoxy) is 2. The zero-order chi connectivity index (χ0) is 17.2. The first-order valence-corrected chi connectivity index (χ1v) is 8.48. The Kier molecular flexibility index (Phi) is 4.96. The Morgan fingerprint density at radius 2 is 2.17 bits per heavy atom. The molecule has 0 aromatic heterocycles. The highest BCUT2D eigenvalue weighted by molar-refractivity contribution is 6.31. The van der Waals surface area contributed by atoms with Gasteiger partial charge in [-0.15, -0.1) is 0 Å². The van der Waals surface area contributed by atoms with Crippen LogP contribution in [0.1, 0.15) is 25.7 Å². The average Bonchev–Trinajstić information content (AvgIpc) is 3.22. The molecule has 2 amide bonds. The largest absolute Gasteiger partial charge is 0.495 e. The predicted octanol–water partition coefficient (Wildman–Crippen LogP) is 2.36. The third kappa shape index (κ3) is 3.49.